The van der Waals surface area contributed by atoms with E-state index in [0.717, 1.165) is 3.57 Å². The maximum absolute atomic E-state index is 12.8. The Morgan fingerprint density at radius 3 is 1.92 bits per heavy atom. The molecule has 0 atom stereocenters. The minimum absolute atomic E-state index is 0.0593. The Labute approximate surface area is 153 Å². The van der Waals surface area contributed by atoms with E-state index in [9.17, 15) is 31.4 Å². The van der Waals surface area contributed by atoms with Crippen LogP contribution in [0, 0.1) is 10.5 Å². The third-order valence-electron chi connectivity index (χ3n) is 3.41. The Hall–Kier alpha value is -1.65. The van der Waals surface area contributed by atoms with Crippen LogP contribution in [-0.2, 0) is 18.9 Å². The monoisotopic (exact) mass is 475 g/mol. The Morgan fingerprint density at radius 2 is 1.44 bits per heavy atom. The quantitative estimate of drug-likeness (QED) is 0.425. The van der Waals surface area contributed by atoms with Crippen molar-refractivity contribution in [3.8, 4) is 5.75 Å². The highest BCUT2D eigenvalue weighted by Gasteiger charge is 2.36. The molecule has 0 spiro atoms. The average molecular weight is 475 g/mol. The molecule has 25 heavy (non-hydrogen) atoms. The van der Waals surface area contributed by atoms with Crippen molar-refractivity contribution in [1.82, 2.24) is 0 Å². The highest BCUT2D eigenvalue weighted by atomic mass is 127. The first-order chi connectivity index (χ1) is 11.4. The molecular weight excluding hydrogens is 463 g/mol. The first kappa shape index (κ1) is 19.7. The number of phenolic OH excluding ortho intramolecular Hbond substituents is 1. The molecular formula is C16H12F6INO. The molecule has 0 radical (unpaired) electrons. The van der Waals surface area contributed by atoms with Crippen LogP contribution in [-0.4, -0.2) is 5.11 Å². The average Bonchev–Trinajstić information content (AvgIpc) is 2.47. The number of aryl methyl sites for hydroxylation is 1. The molecule has 0 unspecified atom stereocenters. The maximum Gasteiger partial charge on any atom is 0.416 e. The molecule has 0 bridgehead atoms. The molecule has 0 aliphatic heterocycles. The molecule has 2 N–H and O–H groups in total. The summed E-state index contributed by atoms with van der Waals surface area (Å²) in [4.78, 5) is 0. The van der Waals surface area contributed by atoms with Crippen molar-refractivity contribution >= 4 is 28.3 Å². The van der Waals surface area contributed by atoms with Crippen LogP contribution < -0.4 is 5.32 Å². The molecule has 136 valence electrons. The lowest BCUT2D eigenvalue weighted by Crippen LogP contribution is -2.12. The lowest BCUT2D eigenvalue weighted by Gasteiger charge is -2.16. The fraction of sp³-hybridized carbons (Fsp3) is 0.250. The second kappa shape index (κ2) is 6.93. The van der Waals surface area contributed by atoms with Crippen molar-refractivity contribution in [1.29, 1.82) is 0 Å². The number of alkyl halides is 6. The number of halogens is 7. The molecule has 2 nitrogen and oxygen atoms in total. The summed E-state index contributed by atoms with van der Waals surface area (Å²) in [5.41, 5.74) is -2.20. The minimum atomic E-state index is -4.90. The molecule has 0 aliphatic carbocycles. The number of rotatable bonds is 3. The van der Waals surface area contributed by atoms with Crippen LogP contribution in [0.1, 0.15) is 22.3 Å². The third kappa shape index (κ3) is 4.93. The van der Waals surface area contributed by atoms with Crippen molar-refractivity contribution < 1.29 is 31.4 Å². The van der Waals surface area contributed by atoms with Gasteiger partial charge in [0.05, 0.1) is 11.1 Å². The predicted octanol–water partition coefficient (Wildman–Crippen LogP) is 5.95. The van der Waals surface area contributed by atoms with Gasteiger partial charge in [-0.25, -0.2) is 0 Å². The zero-order valence-electron chi connectivity index (χ0n) is 12.7. The first-order valence-corrected chi connectivity index (χ1v) is 7.97. The summed E-state index contributed by atoms with van der Waals surface area (Å²) in [6, 6.07) is 4.57. The molecule has 2 aromatic rings. The van der Waals surface area contributed by atoms with Gasteiger partial charge in [-0.15, -0.1) is 0 Å². The number of benzene rings is 2. The summed E-state index contributed by atoms with van der Waals surface area (Å²) >= 11 is 2.00. The van der Waals surface area contributed by atoms with Gasteiger partial charge in [-0.05, 0) is 65.4 Å². The number of hydrogen-bond acceptors (Lipinski definition) is 2. The zero-order valence-corrected chi connectivity index (χ0v) is 14.8. The van der Waals surface area contributed by atoms with Gasteiger partial charge in [-0.3, -0.25) is 0 Å². The van der Waals surface area contributed by atoms with E-state index in [4.69, 9.17) is 0 Å². The molecule has 9 heteroatoms. The number of hydrogen-bond donors (Lipinski definition) is 2. The number of nitrogens with one attached hydrogen (secondary N) is 1. The molecule has 0 saturated carbocycles. The van der Waals surface area contributed by atoms with E-state index in [1.54, 1.807) is 19.1 Å². The molecule has 0 amide bonds. The van der Waals surface area contributed by atoms with Crippen molar-refractivity contribution in [3.63, 3.8) is 0 Å². The van der Waals surface area contributed by atoms with Gasteiger partial charge in [0.2, 0.25) is 0 Å². The van der Waals surface area contributed by atoms with Crippen LogP contribution in [0.2, 0.25) is 0 Å². The zero-order chi connectivity index (χ0) is 19.0. The Morgan fingerprint density at radius 1 is 0.920 bits per heavy atom. The largest absolute Gasteiger partial charge is 0.507 e. The van der Waals surface area contributed by atoms with Gasteiger partial charge in [0, 0.05) is 21.4 Å². The molecule has 2 aromatic carbocycles. The third-order valence-corrected chi connectivity index (χ3v) is 4.04. The summed E-state index contributed by atoms with van der Waals surface area (Å²) in [6.45, 7) is 1.52. The maximum atomic E-state index is 12.8. The first-order valence-electron chi connectivity index (χ1n) is 6.89. The van der Waals surface area contributed by atoms with Crippen LogP contribution in [0.5, 0.6) is 5.75 Å². The lowest BCUT2D eigenvalue weighted by atomic mass is 10.1. The van der Waals surface area contributed by atoms with Crippen LogP contribution in [0.25, 0.3) is 0 Å². The van der Waals surface area contributed by atoms with Gasteiger partial charge in [0.25, 0.3) is 0 Å². The predicted molar refractivity (Wildman–Crippen MR) is 89.3 cm³/mol. The van der Waals surface area contributed by atoms with E-state index in [1.165, 1.54) is 0 Å². The van der Waals surface area contributed by atoms with Gasteiger partial charge in [-0.1, -0.05) is 0 Å². The topological polar surface area (TPSA) is 32.3 Å². The summed E-state index contributed by atoms with van der Waals surface area (Å²) in [6.07, 6.45) is -9.81. The Bertz CT molecular complexity index is 753. The Balaban J connectivity index is 2.36. The fourth-order valence-corrected chi connectivity index (χ4v) is 3.04. The van der Waals surface area contributed by atoms with Gasteiger partial charge in [0.15, 0.2) is 0 Å². The van der Waals surface area contributed by atoms with Gasteiger partial charge in [-0.2, -0.15) is 26.3 Å². The summed E-state index contributed by atoms with van der Waals surface area (Å²) in [7, 11) is 0. The highest BCUT2D eigenvalue weighted by molar-refractivity contribution is 14.1. The second-order valence-corrected chi connectivity index (χ2v) is 6.62. The molecule has 0 saturated heterocycles. The van der Waals surface area contributed by atoms with E-state index < -0.39 is 23.5 Å². The van der Waals surface area contributed by atoms with Crippen LogP contribution >= 0.6 is 22.6 Å². The molecule has 0 aliphatic rings. The summed E-state index contributed by atoms with van der Waals surface area (Å²) < 4.78 is 77.8. The summed E-state index contributed by atoms with van der Waals surface area (Å²) in [5.74, 6) is -0.0593. The number of aromatic hydroxyl groups is 1. The molecule has 0 fully saturated rings. The standard InChI is InChI=1S/C16H12F6INO/c1-8-2-12(23)3-9(14(8)25)7-24-13-5-10(15(17,18)19)4-11(6-13)16(20,21)22/h2-6,24-25H,7H2,1H3. The van der Waals surface area contributed by atoms with Crippen LogP contribution in [0.15, 0.2) is 30.3 Å². The number of phenols is 1. The fourth-order valence-electron chi connectivity index (χ4n) is 2.19. The summed E-state index contributed by atoms with van der Waals surface area (Å²) in [5, 5.41) is 12.5. The molecule has 2 rings (SSSR count). The van der Waals surface area contributed by atoms with Crippen molar-refractivity contribution in [2.75, 3.05) is 5.32 Å². The van der Waals surface area contributed by atoms with Crippen molar-refractivity contribution in [2.24, 2.45) is 0 Å². The van der Waals surface area contributed by atoms with E-state index in [-0.39, 0.29) is 24.0 Å². The normalized spacial score (nSPS) is 12.3. The lowest BCUT2D eigenvalue weighted by molar-refractivity contribution is -0.143. The number of anilines is 1. The van der Waals surface area contributed by atoms with Crippen molar-refractivity contribution in [2.45, 2.75) is 25.8 Å². The van der Waals surface area contributed by atoms with Crippen LogP contribution in [0.3, 0.4) is 0 Å². The molecule has 0 heterocycles. The minimum Gasteiger partial charge on any atom is -0.507 e. The van der Waals surface area contributed by atoms with Gasteiger partial charge >= 0.3 is 12.4 Å². The highest BCUT2D eigenvalue weighted by Crippen LogP contribution is 2.37. The smallest absolute Gasteiger partial charge is 0.416 e. The second-order valence-electron chi connectivity index (χ2n) is 5.38. The Kier molecular flexibility index (Phi) is 5.45. The van der Waals surface area contributed by atoms with Gasteiger partial charge < -0.3 is 10.4 Å². The van der Waals surface area contributed by atoms with Crippen molar-refractivity contribution in [3.05, 3.63) is 56.2 Å². The van der Waals surface area contributed by atoms with E-state index in [1.807, 2.05) is 22.6 Å². The van der Waals surface area contributed by atoms with Crippen LogP contribution in [0.4, 0.5) is 32.0 Å². The van der Waals surface area contributed by atoms with Gasteiger partial charge in [0.1, 0.15) is 5.75 Å². The van der Waals surface area contributed by atoms with E-state index in [2.05, 4.69) is 5.32 Å². The molecule has 0 aromatic heterocycles. The SMILES string of the molecule is Cc1cc(I)cc(CNc2cc(C(F)(F)F)cc(C(F)(F)F)c2)c1O. The van der Waals surface area contributed by atoms with E-state index >= 15 is 0 Å². The van der Waals surface area contributed by atoms with E-state index in [0.29, 0.717) is 23.3 Å².